The van der Waals surface area contributed by atoms with Crippen LogP contribution in [0.3, 0.4) is 0 Å². The van der Waals surface area contributed by atoms with E-state index in [2.05, 4.69) is 10.3 Å². The molecule has 146 valence electrons. The molecule has 0 spiro atoms. The minimum absolute atomic E-state index is 0.157. The summed E-state index contributed by atoms with van der Waals surface area (Å²) in [6, 6.07) is 8.63. The number of aryl methyl sites for hydroxylation is 1. The van der Waals surface area contributed by atoms with E-state index in [-0.39, 0.29) is 17.3 Å². The van der Waals surface area contributed by atoms with Gasteiger partial charge in [0.2, 0.25) is 5.91 Å². The molecule has 28 heavy (non-hydrogen) atoms. The molecule has 0 unspecified atom stereocenters. The number of nitriles is 1. The number of ketones is 1. The molecule has 0 radical (unpaired) electrons. The van der Waals surface area contributed by atoms with Gasteiger partial charge in [0, 0.05) is 35.1 Å². The van der Waals surface area contributed by atoms with Gasteiger partial charge in [-0.05, 0) is 26.8 Å². The van der Waals surface area contributed by atoms with Gasteiger partial charge in [-0.25, -0.2) is 4.98 Å². The fourth-order valence-electron chi connectivity index (χ4n) is 2.45. The third-order valence-electron chi connectivity index (χ3n) is 3.95. The SMILES string of the molecule is COc1cc(NC(=O)[C@@H](C)Sc2nc(C)c(C(C)=O)cc2C#N)cc(OC)c1. The molecule has 0 aliphatic rings. The smallest absolute Gasteiger partial charge is 0.237 e. The van der Waals surface area contributed by atoms with Gasteiger partial charge in [-0.1, -0.05) is 11.8 Å². The largest absolute Gasteiger partial charge is 0.497 e. The molecule has 2 aromatic rings. The minimum atomic E-state index is -0.528. The van der Waals surface area contributed by atoms with Gasteiger partial charge in [0.1, 0.15) is 22.6 Å². The second-order valence-electron chi connectivity index (χ2n) is 5.99. The van der Waals surface area contributed by atoms with Crippen molar-refractivity contribution in [1.82, 2.24) is 4.98 Å². The van der Waals surface area contributed by atoms with Gasteiger partial charge in [-0.2, -0.15) is 5.26 Å². The lowest BCUT2D eigenvalue weighted by atomic mass is 10.1. The molecule has 0 aliphatic carbocycles. The monoisotopic (exact) mass is 399 g/mol. The lowest BCUT2D eigenvalue weighted by Gasteiger charge is -2.14. The zero-order valence-corrected chi connectivity index (χ0v) is 17.1. The zero-order chi connectivity index (χ0) is 20.8. The van der Waals surface area contributed by atoms with Crippen LogP contribution < -0.4 is 14.8 Å². The van der Waals surface area contributed by atoms with Crippen molar-refractivity contribution in [1.29, 1.82) is 5.26 Å². The van der Waals surface area contributed by atoms with Gasteiger partial charge in [-0.3, -0.25) is 9.59 Å². The Kier molecular flexibility index (Phi) is 7.01. The molecule has 1 heterocycles. The van der Waals surface area contributed by atoms with Crippen molar-refractivity contribution in [2.45, 2.75) is 31.0 Å². The van der Waals surface area contributed by atoms with Crippen molar-refractivity contribution in [3.05, 3.63) is 41.1 Å². The number of pyridine rings is 1. The number of methoxy groups -OCH3 is 2. The molecule has 8 heteroatoms. The van der Waals surface area contributed by atoms with E-state index in [0.717, 1.165) is 11.8 Å². The molecule has 1 N–H and O–H groups in total. The first-order chi connectivity index (χ1) is 13.3. The molecule has 7 nitrogen and oxygen atoms in total. The number of nitrogens with one attached hydrogen (secondary N) is 1. The number of carbonyl (C=O) groups excluding carboxylic acids is 2. The first kappa shape index (κ1) is 21.3. The first-order valence-electron chi connectivity index (χ1n) is 8.42. The number of carbonyl (C=O) groups is 2. The number of rotatable bonds is 7. The minimum Gasteiger partial charge on any atom is -0.497 e. The molecule has 1 aromatic heterocycles. The number of aromatic nitrogens is 1. The predicted molar refractivity (Wildman–Crippen MR) is 107 cm³/mol. The summed E-state index contributed by atoms with van der Waals surface area (Å²) in [6.07, 6.45) is 0. The number of hydrogen-bond donors (Lipinski definition) is 1. The normalized spacial score (nSPS) is 11.3. The lowest BCUT2D eigenvalue weighted by molar-refractivity contribution is -0.115. The van der Waals surface area contributed by atoms with Crippen LogP contribution in [0, 0.1) is 18.3 Å². The highest BCUT2D eigenvalue weighted by molar-refractivity contribution is 8.00. The lowest BCUT2D eigenvalue weighted by Crippen LogP contribution is -2.22. The average Bonchev–Trinajstić information content (AvgIpc) is 2.67. The summed E-state index contributed by atoms with van der Waals surface area (Å²) in [7, 11) is 3.06. The van der Waals surface area contributed by atoms with Crippen molar-refractivity contribution >= 4 is 29.1 Å². The average molecular weight is 399 g/mol. The second kappa shape index (κ2) is 9.24. The summed E-state index contributed by atoms with van der Waals surface area (Å²) >= 11 is 1.16. The van der Waals surface area contributed by atoms with Crippen LogP contribution in [0.2, 0.25) is 0 Å². The van der Waals surface area contributed by atoms with Crippen molar-refractivity contribution in [3.8, 4) is 17.6 Å². The van der Waals surface area contributed by atoms with Gasteiger partial charge in [0.15, 0.2) is 5.78 Å². The first-order valence-corrected chi connectivity index (χ1v) is 9.30. The molecule has 1 atom stereocenters. The number of Topliss-reactive ketones (excluding diaryl/α,β-unsaturated/α-hetero) is 1. The predicted octanol–water partition coefficient (Wildman–Crippen LogP) is 3.60. The Morgan fingerprint density at radius 2 is 1.79 bits per heavy atom. The van der Waals surface area contributed by atoms with Gasteiger partial charge in [-0.15, -0.1) is 0 Å². The van der Waals surface area contributed by atoms with Crippen LogP contribution in [0.5, 0.6) is 11.5 Å². The summed E-state index contributed by atoms with van der Waals surface area (Å²) in [5.41, 5.74) is 1.73. The Balaban J connectivity index is 2.20. The number of thioether (sulfide) groups is 1. The molecule has 1 amide bonds. The van der Waals surface area contributed by atoms with E-state index in [1.807, 2.05) is 6.07 Å². The fourth-order valence-corrected chi connectivity index (χ4v) is 3.38. The molecule has 0 saturated carbocycles. The number of nitrogens with zero attached hydrogens (tertiary/aromatic N) is 2. The quantitative estimate of drug-likeness (QED) is 0.561. The number of ether oxygens (including phenoxy) is 2. The van der Waals surface area contributed by atoms with Crippen LogP contribution in [-0.4, -0.2) is 36.1 Å². The number of hydrogen-bond acceptors (Lipinski definition) is 7. The molecule has 1 aromatic carbocycles. The molecular weight excluding hydrogens is 378 g/mol. The number of benzene rings is 1. The second-order valence-corrected chi connectivity index (χ2v) is 7.32. The van der Waals surface area contributed by atoms with E-state index in [9.17, 15) is 14.9 Å². The van der Waals surface area contributed by atoms with Crippen LogP contribution in [0.15, 0.2) is 29.3 Å². The van der Waals surface area contributed by atoms with E-state index in [4.69, 9.17) is 9.47 Å². The summed E-state index contributed by atoms with van der Waals surface area (Å²) < 4.78 is 10.4. The van der Waals surface area contributed by atoms with E-state index in [1.54, 1.807) is 32.0 Å². The molecule has 0 fully saturated rings. The van der Waals surface area contributed by atoms with Crippen LogP contribution in [0.4, 0.5) is 5.69 Å². The maximum absolute atomic E-state index is 12.6. The summed E-state index contributed by atoms with van der Waals surface area (Å²) in [5.74, 6) is 0.688. The van der Waals surface area contributed by atoms with Gasteiger partial charge >= 0.3 is 0 Å². The van der Waals surface area contributed by atoms with Crippen molar-refractivity contribution in [2.75, 3.05) is 19.5 Å². The van der Waals surface area contributed by atoms with E-state index >= 15 is 0 Å². The van der Waals surface area contributed by atoms with Crippen molar-refractivity contribution in [3.63, 3.8) is 0 Å². The topological polar surface area (TPSA) is 101 Å². The van der Waals surface area contributed by atoms with E-state index < -0.39 is 5.25 Å². The van der Waals surface area contributed by atoms with Crippen LogP contribution in [0.25, 0.3) is 0 Å². The van der Waals surface area contributed by atoms with Crippen molar-refractivity contribution in [2.24, 2.45) is 0 Å². The highest BCUT2D eigenvalue weighted by atomic mass is 32.2. The highest BCUT2D eigenvalue weighted by Crippen LogP contribution is 2.29. The summed E-state index contributed by atoms with van der Waals surface area (Å²) in [6.45, 7) is 4.85. The molecule has 0 bridgehead atoms. The van der Waals surface area contributed by atoms with Gasteiger partial charge < -0.3 is 14.8 Å². The Morgan fingerprint density at radius 1 is 1.18 bits per heavy atom. The standard InChI is InChI=1S/C20H21N3O4S/c1-11-18(12(2)24)6-14(10-21)20(22-11)28-13(3)19(25)23-15-7-16(26-4)9-17(8-15)27-5/h6-9,13H,1-5H3,(H,23,25)/t13-/m1/s1. The molecule has 0 aliphatic heterocycles. The van der Waals surface area contributed by atoms with Gasteiger partial charge in [0.05, 0.1) is 25.0 Å². The maximum atomic E-state index is 12.6. The molecular formula is C20H21N3O4S. The van der Waals surface area contributed by atoms with Crippen molar-refractivity contribution < 1.29 is 19.1 Å². The van der Waals surface area contributed by atoms with Gasteiger partial charge in [0.25, 0.3) is 0 Å². The van der Waals surface area contributed by atoms with E-state index in [0.29, 0.717) is 33.5 Å². The van der Waals surface area contributed by atoms with Crippen LogP contribution >= 0.6 is 11.8 Å². The zero-order valence-electron chi connectivity index (χ0n) is 16.3. The Morgan fingerprint density at radius 3 is 2.29 bits per heavy atom. The molecule has 2 rings (SSSR count). The molecule has 0 saturated heterocycles. The third-order valence-corrected chi connectivity index (χ3v) is 5.06. The Labute approximate surface area is 168 Å². The highest BCUT2D eigenvalue weighted by Gasteiger charge is 2.20. The Bertz CT molecular complexity index is 931. The Hall–Kier alpha value is -3.05. The van der Waals surface area contributed by atoms with Crippen LogP contribution in [-0.2, 0) is 4.79 Å². The fraction of sp³-hybridized carbons (Fsp3) is 0.300. The third kappa shape index (κ3) is 5.02. The maximum Gasteiger partial charge on any atom is 0.237 e. The summed E-state index contributed by atoms with van der Waals surface area (Å²) in [4.78, 5) is 28.6. The summed E-state index contributed by atoms with van der Waals surface area (Å²) in [5, 5.41) is 12.1. The number of anilines is 1. The van der Waals surface area contributed by atoms with Crippen LogP contribution in [0.1, 0.15) is 35.5 Å². The van der Waals surface area contributed by atoms with E-state index in [1.165, 1.54) is 27.2 Å². The number of amides is 1.